The van der Waals surface area contributed by atoms with E-state index in [-0.39, 0.29) is 42.5 Å². The second-order valence-electron chi connectivity index (χ2n) is 11.5. The number of carbonyl (C=O) groups excluding carboxylic acids is 1. The van der Waals surface area contributed by atoms with E-state index in [1.54, 1.807) is 54.7 Å². The average molecular weight is 593 g/mol. The van der Waals surface area contributed by atoms with Gasteiger partial charge in [0.05, 0.1) is 12.7 Å². The van der Waals surface area contributed by atoms with Crippen LogP contribution in [0.3, 0.4) is 0 Å². The fourth-order valence-electron chi connectivity index (χ4n) is 5.03. The number of carbonyl (C=O) groups is 1. The van der Waals surface area contributed by atoms with Crippen molar-refractivity contribution in [2.45, 2.75) is 45.3 Å². The number of nitrogen functional groups attached to an aromatic ring is 1. The number of rotatable bonds is 8. The minimum absolute atomic E-state index is 0.0188. The molecule has 0 saturated carbocycles. The zero-order valence-corrected chi connectivity index (χ0v) is 24.8. The number of fused-ring (bicyclic) bond motifs is 1. The number of benzene rings is 2. The normalized spacial score (nSPS) is 14.2. The molecule has 228 valence electrons. The zero-order valence-electron chi connectivity index (χ0n) is 24.8. The second kappa shape index (κ2) is 12.4. The van der Waals surface area contributed by atoms with E-state index < -0.39 is 11.4 Å². The number of amides is 1. The first kappa shape index (κ1) is 30.0. The van der Waals surface area contributed by atoms with Crippen LogP contribution in [0, 0.1) is 5.82 Å². The van der Waals surface area contributed by atoms with E-state index >= 15 is 4.39 Å². The number of nitrogens with zero attached hydrogens (tertiary/aromatic N) is 2. The molecule has 4 aromatic rings. The number of H-pyrrole nitrogens is 1. The summed E-state index contributed by atoms with van der Waals surface area (Å²) < 4.78 is 40.1. The third-order valence-corrected chi connectivity index (χ3v) is 7.12. The van der Waals surface area contributed by atoms with Gasteiger partial charge in [-0.1, -0.05) is 6.07 Å². The summed E-state index contributed by atoms with van der Waals surface area (Å²) in [6, 6.07) is 11.6. The Morgan fingerprint density at radius 1 is 1.05 bits per heavy atom. The van der Waals surface area contributed by atoms with Crippen molar-refractivity contribution >= 4 is 22.7 Å². The van der Waals surface area contributed by atoms with E-state index in [0.717, 1.165) is 0 Å². The summed E-state index contributed by atoms with van der Waals surface area (Å²) in [5.41, 5.74) is 7.67. The van der Waals surface area contributed by atoms with Crippen LogP contribution in [0.1, 0.15) is 33.6 Å². The molecule has 1 aliphatic heterocycles. The summed E-state index contributed by atoms with van der Waals surface area (Å²) in [5.74, 6) is -0.266. The van der Waals surface area contributed by atoms with E-state index in [0.29, 0.717) is 59.4 Å². The van der Waals surface area contributed by atoms with E-state index in [4.69, 9.17) is 24.7 Å². The highest BCUT2D eigenvalue weighted by molar-refractivity contribution is 5.96. The van der Waals surface area contributed by atoms with Gasteiger partial charge in [0, 0.05) is 54.7 Å². The van der Waals surface area contributed by atoms with E-state index in [1.165, 1.54) is 16.7 Å². The molecule has 0 aliphatic carbocycles. The lowest BCUT2D eigenvalue weighted by atomic mass is 10.0. The SMILES string of the molecule is Cn1cc(-c2cc(N)ccc2Oc2cccc(OCCOC3CCN(C(=O)OC(C)(C)C)CC3)c2F)c2cc[nH]c2c1=O. The predicted molar refractivity (Wildman–Crippen MR) is 162 cm³/mol. The molecule has 43 heavy (non-hydrogen) atoms. The summed E-state index contributed by atoms with van der Waals surface area (Å²) in [5, 5.41) is 0.701. The van der Waals surface area contributed by atoms with Crippen molar-refractivity contribution in [2.75, 3.05) is 32.0 Å². The molecule has 0 bridgehead atoms. The highest BCUT2D eigenvalue weighted by Crippen LogP contribution is 2.39. The van der Waals surface area contributed by atoms with E-state index in [1.807, 2.05) is 20.8 Å². The summed E-state index contributed by atoms with van der Waals surface area (Å²) in [6.07, 6.45) is 4.44. The Balaban J connectivity index is 1.22. The zero-order chi connectivity index (χ0) is 30.7. The highest BCUT2D eigenvalue weighted by atomic mass is 19.1. The number of aromatic nitrogens is 2. The standard InChI is InChI=1S/C32H37FN4O6/c1-32(2,3)43-31(39)37-14-11-21(12-15-37)40-16-17-41-26-6-5-7-27(28(26)33)42-25-9-8-20(34)18-23(25)24-19-36(4)30(38)29-22(24)10-13-35-29/h5-10,13,18-19,21,35H,11-12,14-17,34H2,1-4H3. The Bertz CT molecular complexity index is 1670. The van der Waals surface area contributed by atoms with Gasteiger partial charge in [0.2, 0.25) is 5.82 Å². The Morgan fingerprint density at radius 3 is 2.53 bits per heavy atom. The maximum Gasteiger partial charge on any atom is 0.410 e. The number of pyridine rings is 1. The summed E-state index contributed by atoms with van der Waals surface area (Å²) in [7, 11) is 1.66. The molecule has 1 aliphatic rings. The van der Waals surface area contributed by atoms with Gasteiger partial charge in [-0.3, -0.25) is 4.79 Å². The molecule has 3 heterocycles. The minimum atomic E-state index is -0.650. The van der Waals surface area contributed by atoms with Gasteiger partial charge in [-0.2, -0.15) is 4.39 Å². The van der Waals surface area contributed by atoms with Crippen molar-refractivity contribution in [3.8, 4) is 28.4 Å². The number of piperidine rings is 1. The van der Waals surface area contributed by atoms with Gasteiger partial charge in [0.25, 0.3) is 5.56 Å². The molecule has 5 rings (SSSR count). The summed E-state index contributed by atoms with van der Waals surface area (Å²) in [4.78, 5) is 29.5. The average Bonchev–Trinajstić information content (AvgIpc) is 3.46. The number of halogens is 1. The van der Waals surface area contributed by atoms with Gasteiger partial charge < -0.3 is 39.1 Å². The molecule has 0 radical (unpaired) electrons. The topological polar surface area (TPSA) is 121 Å². The Hall–Kier alpha value is -4.51. The van der Waals surface area contributed by atoms with Crippen molar-refractivity contribution in [2.24, 2.45) is 7.05 Å². The molecular weight excluding hydrogens is 555 g/mol. The number of aryl methyl sites for hydroxylation is 1. The molecule has 3 N–H and O–H groups in total. The van der Waals surface area contributed by atoms with Gasteiger partial charge in [0.15, 0.2) is 11.5 Å². The van der Waals surface area contributed by atoms with Crippen LogP contribution in [-0.4, -0.2) is 58.6 Å². The van der Waals surface area contributed by atoms with Crippen LogP contribution >= 0.6 is 0 Å². The largest absolute Gasteiger partial charge is 0.488 e. The molecule has 2 aromatic carbocycles. The maximum absolute atomic E-state index is 15.5. The molecule has 11 heteroatoms. The number of hydrogen-bond acceptors (Lipinski definition) is 7. The molecule has 0 atom stereocenters. The lowest BCUT2D eigenvalue weighted by Crippen LogP contribution is -2.43. The second-order valence-corrected chi connectivity index (χ2v) is 11.5. The quantitative estimate of drug-likeness (QED) is 0.195. The van der Waals surface area contributed by atoms with Crippen molar-refractivity contribution < 1.29 is 28.1 Å². The third-order valence-electron chi connectivity index (χ3n) is 7.12. The van der Waals surface area contributed by atoms with Crippen LogP contribution < -0.4 is 20.8 Å². The lowest BCUT2D eigenvalue weighted by Gasteiger charge is -2.33. The highest BCUT2D eigenvalue weighted by Gasteiger charge is 2.27. The number of hydrogen-bond donors (Lipinski definition) is 2. The molecule has 10 nitrogen and oxygen atoms in total. The smallest absolute Gasteiger partial charge is 0.410 e. The van der Waals surface area contributed by atoms with Crippen LogP contribution in [0.15, 0.2) is 59.7 Å². The van der Waals surface area contributed by atoms with Crippen LogP contribution in [0.5, 0.6) is 17.2 Å². The first-order valence-corrected chi connectivity index (χ1v) is 14.3. The van der Waals surface area contributed by atoms with Crippen molar-refractivity contribution in [3.05, 3.63) is 71.0 Å². The summed E-state index contributed by atoms with van der Waals surface area (Å²) in [6.45, 7) is 7.05. The molecule has 0 unspecified atom stereocenters. The van der Waals surface area contributed by atoms with Crippen LogP contribution in [-0.2, 0) is 16.5 Å². The Kier molecular flexibility index (Phi) is 8.63. The number of ether oxygens (including phenoxy) is 4. The van der Waals surface area contributed by atoms with Crippen molar-refractivity contribution in [1.29, 1.82) is 0 Å². The number of nitrogens with one attached hydrogen (secondary N) is 1. The van der Waals surface area contributed by atoms with E-state index in [2.05, 4.69) is 4.98 Å². The van der Waals surface area contributed by atoms with Gasteiger partial charge in [-0.15, -0.1) is 0 Å². The predicted octanol–water partition coefficient (Wildman–Crippen LogP) is 5.84. The van der Waals surface area contributed by atoms with Crippen LogP contribution in [0.25, 0.3) is 22.0 Å². The summed E-state index contributed by atoms with van der Waals surface area (Å²) >= 11 is 0. The van der Waals surface area contributed by atoms with Gasteiger partial charge in [0.1, 0.15) is 23.5 Å². The molecule has 0 spiro atoms. The molecule has 1 saturated heterocycles. The Labute approximate surface area is 249 Å². The molecule has 1 amide bonds. The van der Waals surface area contributed by atoms with Crippen molar-refractivity contribution in [3.63, 3.8) is 0 Å². The van der Waals surface area contributed by atoms with E-state index in [9.17, 15) is 9.59 Å². The van der Waals surface area contributed by atoms with Gasteiger partial charge in [-0.05, 0) is 70.0 Å². The maximum atomic E-state index is 15.5. The third kappa shape index (κ3) is 6.94. The van der Waals surface area contributed by atoms with Gasteiger partial charge in [-0.25, -0.2) is 4.79 Å². The molecule has 2 aromatic heterocycles. The first-order valence-electron chi connectivity index (χ1n) is 14.3. The monoisotopic (exact) mass is 592 g/mol. The minimum Gasteiger partial charge on any atom is -0.488 e. The molecule has 1 fully saturated rings. The molecular formula is C32H37FN4O6. The fourth-order valence-corrected chi connectivity index (χ4v) is 5.03. The number of likely N-dealkylation sites (tertiary alicyclic amines) is 1. The van der Waals surface area contributed by atoms with Gasteiger partial charge >= 0.3 is 6.09 Å². The number of nitrogens with two attached hydrogens (primary N) is 1. The number of aromatic amines is 1. The fraction of sp³-hybridized carbons (Fsp3) is 0.375. The number of anilines is 1. The lowest BCUT2D eigenvalue weighted by molar-refractivity contribution is -0.0179. The van der Waals surface area contributed by atoms with Crippen molar-refractivity contribution in [1.82, 2.24) is 14.5 Å². The van der Waals surface area contributed by atoms with Crippen LogP contribution in [0.4, 0.5) is 14.9 Å². The van der Waals surface area contributed by atoms with Crippen LogP contribution in [0.2, 0.25) is 0 Å². The first-order chi connectivity index (χ1) is 20.5. The Morgan fingerprint density at radius 2 is 1.79 bits per heavy atom.